The second kappa shape index (κ2) is 8.12. The number of rotatable bonds is 6. The van der Waals surface area contributed by atoms with Crippen molar-refractivity contribution in [2.45, 2.75) is 52.0 Å². The van der Waals surface area contributed by atoms with Gasteiger partial charge in [0, 0.05) is 25.1 Å². The Hall–Kier alpha value is -2.02. The van der Waals surface area contributed by atoms with Crippen LogP contribution in [0.2, 0.25) is 0 Å². The van der Waals surface area contributed by atoms with Crippen molar-refractivity contribution in [1.29, 1.82) is 0 Å². The van der Waals surface area contributed by atoms with Crippen molar-refractivity contribution in [3.63, 3.8) is 0 Å². The Morgan fingerprint density at radius 3 is 2.42 bits per heavy atom. The second-order valence-electron chi connectivity index (χ2n) is 7.11. The van der Waals surface area contributed by atoms with Gasteiger partial charge in [-0.15, -0.1) is 0 Å². The van der Waals surface area contributed by atoms with Gasteiger partial charge < -0.3 is 16.0 Å². The number of amides is 2. The lowest BCUT2D eigenvalue weighted by Gasteiger charge is -2.20. The number of hydrogen-bond donors (Lipinski definition) is 2. The van der Waals surface area contributed by atoms with Gasteiger partial charge >= 0.3 is 0 Å². The minimum atomic E-state index is -2.81. The highest BCUT2D eigenvalue weighted by Crippen LogP contribution is 2.27. The minimum absolute atomic E-state index is 0.0440. The van der Waals surface area contributed by atoms with Crippen LogP contribution in [0.5, 0.6) is 0 Å². The third kappa shape index (κ3) is 5.00. The first kappa shape index (κ1) is 20.3. The molecule has 0 unspecified atom stereocenters. The molecule has 0 saturated carbocycles. The van der Waals surface area contributed by atoms with Crippen LogP contribution in [0.4, 0.5) is 8.78 Å². The molecule has 0 aliphatic carbocycles. The average molecular weight is 367 g/mol. The molecule has 1 aromatic carbocycles. The largest absolute Gasteiger partial charge is 0.352 e. The molecule has 0 aromatic heterocycles. The summed E-state index contributed by atoms with van der Waals surface area (Å²) in [6.45, 7) is 5.81. The predicted octanol–water partition coefficient (Wildman–Crippen LogP) is 2.32. The van der Waals surface area contributed by atoms with Gasteiger partial charge in [0.1, 0.15) is 0 Å². The van der Waals surface area contributed by atoms with E-state index in [-0.39, 0.29) is 18.9 Å². The molecule has 144 valence electrons. The van der Waals surface area contributed by atoms with Crippen LogP contribution in [0, 0.1) is 20.8 Å². The van der Waals surface area contributed by atoms with Crippen LogP contribution < -0.4 is 11.1 Å². The summed E-state index contributed by atoms with van der Waals surface area (Å²) in [5.41, 5.74) is 9.71. The van der Waals surface area contributed by atoms with Crippen molar-refractivity contribution in [3.05, 3.63) is 34.4 Å². The van der Waals surface area contributed by atoms with Crippen molar-refractivity contribution in [1.82, 2.24) is 10.2 Å². The molecule has 1 atom stereocenters. The zero-order valence-corrected chi connectivity index (χ0v) is 15.6. The van der Waals surface area contributed by atoms with Crippen molar-refractivity contribution in [2.24, 2.45) is 5.73 Å². The van der Waals surface area contributed by atoms with Gasteiger partial charge in [-0.3, -0.25) is 9.59 Å². The zero-order chi connectivity index (χ0) is 19.5. The number of hydrogen-bond acceptors (Lipinski definition) is 3. The minimum Gasteiger partial charge on any atom is -0.352 e. The predicted molar refractivity (Wildman–Crippen MR) is 96.3 cm³/mol. The van der Waals surface area contributed by atoms with E-state index in [4.69, 9.17) is 5.73 Å². The van der Waals surface area contributed by atoms with Crippen molar-refractivity contribution in [3.8, 4) is 0 Å². The lowest BCUT2D eigenvalue weighted by molar-refractivity contribution is -0.133. The van der Waals surface area contributed by atoms with E-state index in [1.165, 1.54) is 5.56 Å². The molecule has 5 nitrogen and oxygen atoms in total. The molecule has 7 heteroatoms. The number of halogens is 2. The Bertz CT molecular complexity index is 668. The molecule has 2 rings (SSSR count). The summed E-state index contributed by atoms with van der Waals surface area (Å²) in [5, 5.41) is 2.81. The van der Waals surface area contributed by atoms with E-state index in [0.29, 0.717) is 24.9 Å². The normalized spacial score (nSPS) is 17.2. The smallest absolute Gasteiger partial charge is 0.267 e. The fourth-order valence-electron chi connectivity index (χ4n) is 3.07. The van der Waals surface area contributed by atoms with Crippen LogP contribution in [-0.2, 0) is 4.79 Å². The van der Waals surface area contributed by atoms with Crippen molar-refractivity contribution < 1.29 is 18.4 Å². The number of alkyl halides is 2. The Kier molecular flexibility index (Phi) is 6.34. The van der Waals surface area contributed by atoms with Gasteiger partial charge in [-0.2, -0.15) is 0 Å². The number of likely N-dealkylation sites (tertiary alicyclic amines) is 1. The van der Waals surface area contributed by atoms with Crippen LogP contribution in [-0.4, -0.2) is 48.3 Å². The summed E-state index contributed by atoms with van der Waals surface area (Å²) < 4.78 is 26.3. The first-order valence-corrected chi connectivity index (χ1v) is 8.89. The maximum Gasteiger partial charge on any atom is 0.267 e. The fourth-order valence-corrected chi connectivity index (χ4v) is 3.07. The van der Waals surface area contributed by atoms with Crippen LogP contribution in [0.15, 0.2) is 12.1 Å². The summed E-state index contributed by atoms with van der Waals surface area (Å²) >= 11 is 0. The van der Waals surface area contributed by atoms with Crippen LogP contribution in [0.1, 0.15) is 46.3 Å². The molecule has 1 aliphatic rings. The summed E-state index contributed by atoms with van der Waals surface area (Å²) in [4.78, 5) is 25.4. The molecule has 1 aliphatic heterocycles. The highest BCUT2D eigenvalue weighted by molar-refractivity contribution is 5.94. The lowest BCUT2D eigenvalue weighted by Crippen LogP contribution is -2.43. The zero-order valence-electron chi connectivity index (χ0n) is 15.6. The maximum absolute atomic E-state index is 13.2. The number of nitrogens with two attached hydrogens (primary N) is 1. The molecule has 2 amide bonds. The molecule has 0 spiro atoms. The Morgan fingerprint density at radius 2 is 1.88 bits per heavy atom. The van der Waals surface area contributed by atoms with E-state index in [0.717, 1.165) is 16.0 Å². The van der Waals surface area contributed by atoms with Gasteiger partial charge in [-0.1, -0.05) is 0 Å². The summed E-state index contributed by atoms with van der Waals surface area (Å²) in [7, 11) is 0. The monoisotopic (exact) mass is 367 g/mol. The fraction of sp³-hybridized carbons (Fsp3) is 0.579. The number of nitrogens with one attached hydrogen (secondary N) is 1. The van der Waals surface area contributed by atoms with E-state index in [1.807, 2.05) is 32.9 Å². The molecule has 1 aromatic rings. The Labute approximate surface area is 152 Å². The Morgan fingerprint density at radius 1 is 1.27 bits per heavy atom. The van der Waals surface area contributed by atoms with E-state index >= 15 is 0 Å². The van der Waals surface area contributed by atoms with E-state index in [1.54, 1.807) is 0 Å². The molecule has 1 heterocycles. The van der Waals surface area contributed by atoms with Crippen molar-refractivity contribution in [2.75, 3.05) is 19.6 Å². The Balaban J connectivity index is 1.76. The molecule has 0 bridgehead atoms. The van der Waals surface area contributed by atoms with Gasteiger partial charge in [0.15, 0.2) is 0 Å². The number of nitrogens with zero attached hydrogens (tertiary/aromatic N) is 1. The SMILES string of the molecule is Cc1cc(C(=O)NCCC[C@H](N)C(=O)N2CCC(F)(F)C2)cc(C)c1C. The highest BCUT2D eigenvalue weighted by atomic mass is 19.3. The van der Waals surface area contributed by atoms with Gasteiger partial charge in [0.25, 0.3) is 11.8 Å². The van der Waals surface area contributed by atoms with Crippen LogP contribution in [0.25, 0.3) is 0 Å². The van der Waals surface area contributed by atoms with E-state index in [9.17, 15) is 18.4 Å². The van der Waals surface area contributed by atoms with Crippen LogP contribution in [0.3, 0.4) is 0 Å². The van der Waals surface area contributed by atoms with Crippen molar-refractivity contribution >= 4 is 11.8 Å². The maximum atomic E-state index is 13.2. The standard InChI is InChI=1S/C19H27F2N3O2/c1-12-9-15(10-13(2)14(12)3)17(25)23-7-4-5-16(22)18(26)24-8-6-19(20,21)11-24/h9-10,16H,4-8,11,22H2,1-3H3,(H,23,25)/t16-/m0/s1. The summed E-state index contributed by atoms with van der Waals surface area (Å²) in [5.74, 6) is -3.43. The van der Waals surface area contributed by atoms with Gasteiger partial charge in [0.05, 0.1) is 12.6 Å². The van der Waals surface area contributed by atoms with Gasteiger partial charge in [-0.05, 0) is 62.4 Å². The molecule has 1 fully saturated rings. The molecular formula is C19H27F2N3O2. The number of aryl methyl sites for hydroxylation is 2. The summed E-state index contributed by atoms with van der Waals surface area (Å²) in [6, 6.07) is 2.88. The highest BCUT2D eigenvalue weighted by Gasteiger charge is 2.41. The van der Waals surface area contributed by atoms with Gasteiger partial charge in [0.2, 0.25) is 5.91 Å². The first-order valence-electron chi connectivity index (χ1n) is 8.89. The van der Waals surface area contributed by atoms with E-state index < -0.39 is 24.4 Å². The average Bonchev–Trinajstić information content (AvgIpc) is 2.94. The second-order valence-corrected chi connectivity index (χ2v) is 7.11. The molecule has 26 heavy (non-hydrogen) atoms. The number of carbonyl (C=O) groups excluding carboxylic acids is 2. The molecule has 3 N–H and O–H groups in total. The summed E-state index contributed by atoms with van der Waals surface area (Å²) in [6.07, 6.45) is 0.538. The first-order chi connectivity index (χ1) is 12.1. The molecular weight excluding hydrogens is 340 g/mol. The molecule has 0 radical (unpaired) electrons. The molecule has 1 saturated heterocycles. The number of carbonyl (C=O) groups is 2. The third-order valence-corrected chi connectivity index (χ3v) is 4.97. The topological polar surface area (TPSA) is 75.4 Å². The third-order valence-electron chi connectivity index (χ3n) is 4.97. The van der Waals surface area contributed by atoms with Gasteiger partial charge in [-0.25, -0.2) is 8.78 Å². The number of benzene rings is 1. The van der Waals surface area contributed by atoms with Crippen LogP contribution >= 0.6 is 0 Å². The van der Waals surface area contributed by atoms with E-state index in [2.05, 4.69) is 5.32 Å². The lowest BCUT2D eigenvalue weighted by atomic mass is 10.0. The quantitative estimate of drug-likeness (QED) is 0.758.